The summed E-state index contributed by atoms with van der Waals surface area (Å²) in [5.74, 6) is 0. The Bertz CT molecular complexity index is 332. The van der Waals surface area contributed by atoms with Gasteiger partial charge in [-0.05, 0) is 43.2 Å². The highest BCUT2D eigenvalue weighted by Gasteiger charge is 2.46. The normalized spacial score (nSPS) is 20.5. The van der Waals surface area contributed by atoms with Crippen LogP contribution in [0.5, 0.6) is 0 Å². The van der Waals surface area contributed by atoms with Crippen molar-refractivity contribution in [1.29, 1.82) is 0 Å². The van der Waals surface area contributed by atoms with Gasteiger partial charge in [0.2, 0.25) is 0 Å². The number of rotatable bonds is 3. The molecule has 1 nitrogen and oxygen atoms in total. The van der Waals surface area contributed by atoms with Gasteiger partial charge in [-0.25, -0.2) is 0 Å². The van der Waals surface area contributed by atoms with Crippen molar-refractivity contribution >= 4 is 23.2 Å². The average molecular weight is 230 g/mol. The van der Waals surface area contributed by atoms with Crippen LogP contribution in [0.1, 0.15) is 25.3 Å². The second-order valence-corrected chi connectivity index (χ2v) is 5.18. The molecule has 14 heavy (non-hydrogen) atoms. The van der Waals surface area contributed by atoms with E-state index in [1.165, 1.54) is 18.4 Å². The number of aromatic nitrogens is 1. The third-order valence-corrected chi connectivity index (χ3v) is 3.94. The highest BCUT2D eigenvalue weighted by Crippen LogP contribution is 2.53. The predicted octanol–water partition coefficient (Wildman–Crippen LogP) is 3.69. The van der Waals surface area contributed by atoms with E-state index in [0.717, 1.165) is 11.4 Å². The first-order chi connectivity index (χ1) is 6.64. The van der Waals surface area contributed by atoms with Crippen molar-refractivity contribution < 1.29 is 0 Å². The molecule has 1 heterocycles. The van der Waals surface area contributed by atoms with Gasteiger partial charge in [-0.1, -0.05) is 11.6 Å². The first kappa shape index (κ1) is 10.3. The molecule has 1 aromatic heterocycles. The Morgan fingerprint density at radius 2 is 2.29 bits per heavy atom. The van der Waals surface area contributed by atoms with Crippen molar-refractivity contribution in [2.24, 2.45) is 5.41 Å². The molecule has 1 aliphatic carbocycles. The van der Waals surface area contributed by atoms with Crippen LogP contribution >= 0.6 is 23.2 Å². The van der Waals surface area contributed by atoms with Gasteiger partial charge in [0.05, 0.1) is 5.02 Å². The van der Waals surface area contributed by atoms with Crippen molar-refractivity contribution in [2.45, 2.75) is 31.6 Å². The van der Waals surface area contributed by atoms with Gasteiger partial charge in [0.25, 0.3) is 0 Å². The molecule has 1 atom stereocenters. The largest absolute Gasteiger partial charge is 0.263 e. The smallest absolute Gasteiger partial charge is 0.0621 e. The van der Waals surface area contributed by atoms with Crippen LogP contribution in [0, 0.1) is 5.41 Å². The number of alkyl halides is 1. The van der Waals surface area contributed by atoms with E-state index in [1.54, 1.807) is 12.4 Å². The van der Waals surface area contributed by atoms with Crippen molar-refractivity contribution in [1.82, 2.24) is 4.98 Å². The summed E-state index contributed by atoms with van der Waals surface area (Å²) in [5.41, 5.74) is 1.47. The maximum Gasteiger partial charge on any atom is 0.0621 e. The van der Waals surface area contributed by atoms with Crippen molar-refractivity contribution in [3.8, 4) is 0 Å². The second-order valence-electron chi connectivity index (χ2n) is 4.12. The van der Waals surface area contributed by atoms with Crippen LogP contribution in [-0.2, 0) is 6.42 Å². The Morgan fingerprint density at radius 3 is 2.79 bits per heavy atom. The van der Waals surface area contributed by atoms with E-state index >= 15 is 0 Å². The number of hydrogen-bond donors (Lipinski definition) is 0. The summed E-state index contributed by atoms with van der Waals surface area (Å²) in [5, 5.41) is 0.989. The molecular weight excluding hydrogens is 217 g/mol. The van der Waals surface area contributed by atoms with E-state index in [9.17, 15) is 0 Å². The van der Waals surface area contributed by atoms with Gasteiger partial charge < -0.3 is 0 Å². The first-order valence-corrected chi connectivity index (χ1v) is 5.68. The molecule has 0 N–H and O–H groups in total. The zero-order valence-corrected chi connectivity index (χ0v) is 9.65. The highest BCUT2D eigenvalue weighted by molar-refractivity contribution is 6.31. The van der Waals surface area contributed by atoms with Crippen LogP contribution in [0.3, 0.4) is 0 Å². The number of nitrogens with zero attached hydrogens (tertiary/aromatic N) is 1. The molecule has 1 aromatic rings. The SMILES string of the molecule is CC(Cl)C1(Cc2ccncc2Cl)CC1. The standard InChI is InChI=1S/C11H13Cl2N/c1-8(12)11(3-4-11)6-9-2-5-14-7-10(9)13/h2,5,7-8H,3-4,6H2,1H3. The second kappa shape index (κ2) is 3.71. The lowest BCUT2D eigenvalue weighted by Gasteiger charge is -2.18. The molecular formula is C11H13Cl2N. The van der Waals surface area contributed by atoms with Crippen molar-refractivity contribution in [2.75, 3.05) is 0 Å². The monoisotopic (exact) mass is 229 g/mol. The predicted molar refractivity (Wildman–Crippen MR) is 59.9 cm³/mol. The zero-order chi connectivity index (χ0) is 10.2. The van der Waals surface area contributed by atoms with Gasteiger partial charge in [-0.2, -0.15) is 0 Å². The number of pyridine rings is 1. The van der Waals surface area contributed by atoms with E-state index in [4.69, 9.17) is 23.2 Å². The maximum atomic E-state index is 6.18. The minimum Gasteiger partial charge on any atom is -0.263 e. The fraction of sp³-hybridized carbons (Fsp3) is 0.545. The molecule has 0 aliphatic heterocycles. The lowest BCUT2D eigenvalue weighted by atomic mass is 9.94. The first-order valence-electron chi connectivity index (χ1n) is 4.86. The maximum absolute atomic E-state index is 6.18. The van der Waals surface area contributed by atoms with Gasteiger partial charge in [-0.3, -0.25) is 4.98 Å². The van der Waals surface area contributed by atoms with Crippen LogP contribution in [0.2, 0.25) is 5.02 Å². The quantitative estimate of drug-likeness (QED) is 0.721. The number of halogens is 2. The third-order valence-electron chi connectivity index (χ3n) is 3.14. The molecule has 1 fully saturated rings. The summed E-state index contributed by atoms with van der Waals surface area (Å²) in [6.07, 6.45) is 6.91. The van der Waals surface area contributed by atoms with E-state index < -0.39 is 0 Å². The Hall–Kier alpha value is -0.270. The van der Waals surface area contributed by atoms with Crippen LogP contribution in [0.4, 0.5) is 0 Å². The van der Waals surface area contributed by atoms with Crippen LogP contribution < -0.4 is 0 Å². The van der Waals surface area contributed by atoms with E-state index in [1.807, 2.05) is 6.07 Å². The molecule has 1 saturated carbocycles. The molecule has 0 saturated heterocycles. The summed E-state index contributed by atoms with van der Waals surface area (Å²) >= 11 is 12.2. The van der Waals surface area contributed by atoms with Gasteiger partial charge >= 0.3 is 0 Å². The lowest BCUT2D eigenvalue weighted by molar-refractivity contribution is 0.496. The van der Waals surface area contributed by atoms with Crippen molar-refractivity contribution in [3.05, 3.63) is 29.0 Å². The topological polar surface area (TPSA) is 12.9 Å². The van der Waals surface area contributed by atoms with Gasteiger partial charge in [0.1, 0.15) is 0 Å². The van der Waals surface area contributed by atoms with Crippen LogP contribution in [-0.4, -0.2) is 10.4 Å². The molecule has 0 amide bonds. The summed E-state index contributed by atoms with van der Waals surface area (Å²) in [6.45, 7) is 2.07. The zero-order valence-electron chi connectivity index (χ0n) is 8.13. The van der Waals surface area contributed by atoms with E-state index in [0.29, 0.717) is 5.41 Å². The van der Waals surface area contributed by atoms with Gasteiger partial charge in [-0.15, -0.1) is 11.6 Å². The third kappa shape index (κ3) is 1.89. The summed E-state index contributed by atoms with van der Waals surface area (Å²) < 4.78 is 0. The lowest BCUT2D eigenvalue weighted by Crippen LogP contribution is -2.15. The Morgan fingerprint density at radius 1 is 1.57 bits per heavy atom. The average Bonchev–Trinajstić information content (AvgIpc) is 2.90. The molecule has 0 bridgehead atoms. The van der Waals surface area contributed by atoms with Crippen molar-refractivity contribution in [3.63, 3.8) is 0 Å². The van der Waals surface area contributed by atoms with Gasteiger partial charge in [0.15, 0.2) is 0 Å². The Balaban J connectivity index is 2.15. The summed E-state index contributed by atoms with van der Waals surface area (Å²) in [7, 11) is 0. The molecule has 1 aliphatic rings. The molecule has 1 unspecified atom stereocenters. The molecule has 2 rings (SSSR count). The fourth-order valence-corrected chi connectivity index (χ4v) is 2.28. The van der Waals surface area contributed by atoms with Crippen LogP contribution in [0.25, 0.3) is 0 Å². The highest BCUT2D eigenvalue weighted by atomic mass is 35.5. The fourth-order valence-electron chi connectivity index (χ4n) is 1.80. The molecule has 0 aromatic carbocycles. The Labute approximate surface area is 94.4 Å². The number of hydrogen-bond acceptors (Lipinski definition) is 1. The molecule has 76 valence electrons. The molecule has 0 radical (unpaired) electrons. The van der Waals surface area contributed by atoms with E-state index in [2.05, 4.69) is 11.9 Å². The van der Waals surface area contributed by atoms with E-state index in [-0.39, 0.29) is 5.38 Å². The van der Waals surface area contributed by atoms with Gasteiger partial charge in [0, 0.05) is 17.8 Å². The van der Waals surface area contributed by atoms with Crippen LogP contribution in [0.15, 0.2) is 18.5 Å². The minimum atomic E-state index is 0.228. The summed E-state index contributed by atoms with van der Waals surface area (Å²) in [4.78, 5) is 3.98. The minimum absolute atomic E-state index is 0.228. The summed E-state index contributed by atoms with van der Waals surface area (Å²) in [6, 6.07) is 1.99. The molecule has 3 heteroatoms. The molecule has 0 spiro atoms. The Kier molecular flexibility index (Phi) is 2.72.